The van der Waals surface area contributed by atoms with E-state index < -0.39 is 11.7 Å². The number of carbonyl (C=O) groups is 1. The lowest BCUT2D eigenvalue weighted by Gasteiger charge is -2.27. The molecular weight excluding hydrogens is 425 g/mol. The van der Waals surface area contributed by atoms with Gasteiger partial charge in [-0.05, 0) is 47.7 Å². The lowest BCUT2D eigenvalue weighted by molar-refractivity contribution is -0.137. The van der Waals surface area contributed by atoms with E-state index in [1.165, 1.54) is 23.3 Å². The molecule has 3 aromatic rings. The minimum atomic E-state index is -4.41. The van der Waals surface area contributed by atoms with Gasteiger partial charge >= 0.3 is 12.2 Å². The third kappa shape index (κ3) is 7.11. The number of alkyl halides is 3. The van der Waals surface area contributed by atoms with E-state index in [4.69, 9.17) is 0 Å². The van der Waals surface area contributed by atoms with Gasteiger partial charge in [-0.2, -0.15) is 13.2 Å². The van der Waals surface area contributed by atoms with Crippen LogP contribution in [0.15, 0.2) is 84.9 Å². The number of anilines is 1. The highest BCUT2D eigenvalue weighted by Crippen LogP contribution is 2.30. The van der Waals surface area contributed by atoms with Crippen molar-refractivity contribution < 1.29 is 18.0 Å². The molecule has 2 amide bonds. The monoisotopic (exact) mass is 454 g/mol. The Balaban J connectivity index is 1.74. The van der Waals surface area contributed by atoms with Crippen LogP contribution in [-0.4, -0.2) is 24.0 Å². The van der Waals surface area contributed by atoms with Gasteiger partial charge in [0.15, 0.2) is 0 Å². The maximum atomic E-state index is 13.0. The van der Waals surface area contributed by atoms with Gasteiger partial charge in [0.25, 0.3) is 0 Å². The van der Waals surface area contributed by atoms with Gasteiger partial charge in [0.05, 0.1) is 5.56 Å². The van der Waals surface area contributed by atoms with E-state index in [0.29, 0.717) is 18.8 Å². The number of hydrogen-bond donors (Lipinski definition) is 1. The standard InChI is InChI=1S/C27H29F3N2O/c1-20(2)19-32(26(33)31-24-15-13-23(14-16-24)27(28,29)30)18-17-25(21-9-5-3-6-10-21)22-11-7-4-8-12-22/h3-16,20,25H,17-19H2,1-2H3,(H,31,33). The zero-order valence-electron chi connectivity index (χ0n) is 18.8. The Hall–Kier alpha value is -3.28. The fraction of sp³-hybridized carbons (Fsp3) is 0.296. The SMILES string of the molecule is CC(C)CN(CCC(c1ccccc1)c1ccccc1)C(=O)Nc1ccc(C(F)(F)F)cc1. The fourth-order valence-electron chi connectivity index (χ4n) is 3.84. The summed E-state index contributed by atoms with van der Waals surface area (Å²) in [4.78, 5) is 14.7. The van der Waals surface area contributed by atoms with Gasteiger partial charge in [0.1, 0.15) is 0 Å². The van der Waals surface area contributed by atoms with Gasteiger partial charge in [-0.1, -0.05) is 74.5 Å². The van der Waals surface area contributed by atoms with Crippen molar-refractivity contribution in [3.8, 4) is 0 Å². The van der Waals surface area contributed by atoms with E-state index in [2.05, 4.69) is 29.6 Å². The summed E-state index contributed by atoms with van der Waals surface area (Å²) < 4.78 is 38.4. The first-order chi connectivity index (χ1) is 15.7. The smallest absolute Gasteiger partial charge is 0.324 e. The van der Waals surface area contributed by atoms with Crippen LogP contribution >= 0.6 is 0 Å². The third-order valence-corrected chi connectivity index (χ3v) is 5.43. The molecular formula is C27H29F3N2O. The van der Waals surface area contributed by atoms with Crippen LogP contribution in [-0.2, 0) is 6.18 Å². The molecule has 0 aliphatic heterocycles. The Morgan fingerprint density at radius 1 is 0.848 bits per heavy atom. The molecule has 0 aliphatic carbocycles. The summed E-state index contributed by atoms with van der Waals surface area (Å²) in [6.07, 6.45) is -3.68. The van der Waals surface area contributed by atoms with Crippen LogP contribution in [0.5, 0.6) is 0 Å². The predicted octanol–water partition coefficient (Wildman–Crippen LogP) is 7.42. The lowest BCUT2D eigenvalue weighted by atomic mass is 9.88. The summed E-state index contributed by atoms with van der Waals surface area (Å²) in [5.74, 6) is 0.371. The molecule has 0 unspecified atom stereocenters. The molecule has 0 aliphatic rings. The maximum absolute atomic E-state index is 13.0. The van der Waals surface area contributed by atoms with E-state index in [-0.39, 0.29) is 17.9 Å². The molecule has 174 valence electrons. The first kappa shape index (κ1) is 24.4. The first-order valence-corrected chi connectivity index (χ1v) is 11.1. The number of halogens is 3. The number of benzene rings is 3. The van der Waals surface area contributed by atoms with E-state index in [0.717, 1.165) is 18.6 Å². The van der Waals surface area contributed by atoms with Crippen LogP contribution in [0.25, 0.3) is 0 Å². The largest absolute Gasteiger partial charge is 0.416 e. The van der Waals surface area contributed by atoms with Crippen molar-refractivity contribution >= 4 is 11.7 Å². The van der Waals surface area contributed by atoms with Crippen molar-refractivity contribution in [1.82, 2.24) is 4.90 Å². The minimum absolute atomic E-state index is 0.126. The lowest BCUT2D eigenvalue weighted by Crippen LogP contribution is -2.38. The average Bonchev–Trinajstić information content (AvgIpc) is 2.79. The Labute approximate surface area is 193 Å². The van der Waals surface area contributed by atoms with Crippen molar-refractivity contribution in [2.24, 2.45) is 5.92 Å². The van der Waals surface area contributed by atoms with Crippen LogP contribution in [0, 0.1) is 5.92 Å². The molecule has 33 heavy (non-hydrogen) atoms. The highest BCUT2D eigenvalue weighted by atomic mass is 19.4. The second-order valence-corrected chi connectivity index (χ2v) is 8.51. The minimum Gasteiger partial charge on any atom is -0.324 e. The zero-order chi connectivity index (χ0) is 23.8. The van der Waals surface area contributed by atoms with Gasteiger partial charge in [0.2, 0.25) is 0 Å². The van der Waals surface area contributed by atoms with Gasteiger partial charge in [0, 0.05) is 24.7 Å². The molecule has 0 spiro atoms. The molecule has 1 N–H and O–H groups in total. The molecule has 0 heterocycles. The second-order valence-electron chi connectivity index (χ2n) is 8.51. The number of urea groups is 1. The Morgan fingerprint density at radius 3 is 1.82 bits per heavy atom. The molecule has 0 fully saturated rings. The van der Waals surface area contributed by atoms with E-state index in [1.807, 2.05) is 50.2 Å². The molecule has 0 saturated carbocycles. The Kier molecular flexibility index (Phi) is 8.15. The Bertz CT molecular complexity index is 964. The van der Waals surface area contributed by atoms with Crippen molar-refractivity contribution in [2.45, 2.75) is 32.4 Å². The number of carbonyl (C=O) groups excluding carboxylic acids is 1. The number of hydrogen-bond acceptors (Lipinski definition) is 1. The molecule has 3 rings (SSSR count). The highest BCUT2D eigenvalue weighted by Gasteiger charge is 2.30. The van der Waals surface area contributed by atoms with Gasteiger partial charge in [-0.15, -0.1) is 0 Å². The summed E-state index contributed by atoms with van der Waals surface area (Å²) in [6, 6.07) is 24.6. The summed E-state index contributed by atoms with van der Waals surface area (Å²) in [7, 11) is 0. The summed E-state index contributed by atoms with van der Waals surface area (Å²) >= 11 is 0. The third-order valence-electron chi connectivity index (χ3n) is 5.43. The van der Waals surface area contributed by atoms with Crippen molar-refractivity contribution in [1.29, 1.82) is 0 Å². The predicted molar refractivity (Wildman–Crippen MR) is 126 cm³/mol. The van der Waals surface area contributed by atoms with Crippen LogP contribution < -0.4 is 5.32 Å². The van der Waals surface area contributed by atoms with Crippen LogP contribution in [0.1, 0.15) is 42.9 Å². The molecule has 0 saturated heterocycles. The van der Waals surface area contributed by atoms with Crippen molar-refractivity contribution in [2.75, 3.05) is 18.4 Å². The Morgan fingerprint density at radius 2 is 1.36 bits per heavy atom. The fourth-order valence-corrected chi connectivity index (χ4v) is 3.84. The van der Waals surface area contributed by atoms with E-state index >= 15 is 0 Å². The summed E-state index contributed by atoms with van der Waals surface area (Å²) in [5.41, 5.74) is 1.95. The molecule has 6 heteroatoms. The topological polar surface area (TPSA) is 32.3 Å². The average molecular weight is 455 g/mol. The molecule has 0 atom stereocenters. The number of nitrogens with zero attached hydrogens (tertiary/aromatic N) is 1. The highest BCUT2D eigenvalue weighted by molar-refractivity contribution is 5.89. The van der Waals surface area contributed by atoms with Gasteiger partial charge in [-0.25, -0.2) is 4.79 Å². The number of nitrogens with one attached hydrogen (secondary N) is 1. The second kappa shape index (κ2) is 11.0. The number of amides is 2. The molecule has 0 aromatic heterocycles. The molecule has 0 bridgehead atoms. The van der Waals surface area contributed by atoms with Crippen LogP contribution in [0.2, 0.25) is 0 Å². The zero-order valence-corrected chi connectivity index (χ0v) is 18.8. The summed E-state index contributed by atoms with van der Waals surface area (Å²) in [6.45, 7) is 5.12. The van der Waals surface area contributed by atoms with Crippen LogP contribution in [0.3, 0.4) is 0 Å². The van der Waals surface area contributed by atoms with Gasteiger partial charge in [-0.3, -0.25) is 0 Å². The van der Waals surface area contributed by atoms with E-state index in [1.54, 1.807) is 4.90 Å². The van der Waals surface area contributed by atoms with Gasteiger partial charge < -0.3 is 10.2 Å². The molecule has 0 radical (unpaired) electrons. The van der Waals surface area contributed by atoms with Crippen LogP contribution in [0.4, 0.5) is 23.7 Å². The first-order valence-electron chi connectivity index (χ1n) is 11.1. The van der Waals surface area contributed by atoms with Crippen molar-refractivity contribution in [3.63, 3.8) is 0 Å². The van der Waals surface area contributed by atoms with E-state index in [9.17, 15) is 18.0 Å². The maximum Gasteiger partial charge on any atom is 0.416 e. The number of rotatable bonds is 8. The normalized spacial score (nSPS) is 11.6. The quantitative estimate of drug-likeness (QED) is 0.377. The molecule has 3 nitrogen and oxygen atoms in total. The molecule has 3 aromatic carbocycles. The summed E-state index contributed by atoms with van der Waals surface area (Å²) in [5, 5.41) is 2.75. The van der Waals surface area contributed by atoms with Crippen molar-refractivity contribution in [3.05, 3.63) is 102 Å².